The highest BCUT2D eigenvalue weighted by atomic mass is 35.5. The number of amides is 3. The lowest BCUT2D eigenvalue weighted by Gasteiger charge is -2.28. The van der Waals surface area contributed by atoms with E-state index in [4.69, 9.17) is 5.73 Å². The van der Waals surface area contributed by atoms with Crippen LogP contribution in [0.25, 0.3) is 22.5 Å². The van der Waals surface area contributed by atoms with Gasteiger partial charge in [-0.2, -0.15) is 5.21 Å². The van der Waals surface area contributed by atoms with Crippen LogP contribution in [0.15, 0.2) is 66.7 Å². The molecule has 3 aromatic carbocycles. The number of aromatic amines is 1. The molecule has 1 aliphatic rings. The lowest BCUT2D eigenvalue weighted by molar-refractivity contribution is -0.130. The number of carbonyl (C=O) groups is 3. The van der Waals surface area contributed by atoms with E-state index in [0.717, 1.165) is 79.6 Å². The van der Waals surface area contributed by atoms with E-state index in [1.807, 2.05) is 42.5 Å². The number of aromatic nitrogens is 4. The Morgan fingerprint density at radius 1 is 0.923 bits per heavy atom. The van der Waals surface area contributed by atoms with Crippen molar-refractivity contribution in [3.63, 3.8) is 0 Å². The fraction of sp³-hybridized carbons (Fsp3) is 0.436. The van der Waals surface area contributed by atoms with Gasteiger partial charge in [-0.1, -0.05) is 51.1 Å². The summed E-state index contributed by atoms with van der Waals surface area (Å²) in [6.07, 6.45) is 4.49. The van der Waals surface area contributed by atoms with Crippen LogP contribution in [0.1, 0.15) is 67.9 Å². The first-order valence-electron chi connectivity index (χ1n) is 18.2. The van der Waals surface area contributed by atoms with E-state index in [1.54, 1.807) is 24.3 Å². The van der Waals surface area contributed by atoms with Crippen LogP contribution in [-0.2, 0) is 22.4 Å². The van der Waals surface area contributed by atoms with Crippen molar-refractivity contribution in [3.05, 3.63) is 83.4 Å². The molecule has 1 aliphatic carbocycles. The van der Waals surface area contributed by atoms with Gasteiger partial charge in [-0.3, -0.25) is 14.4 Å². The van der Waals surface area contributed by atoms with Crippen LogP contribution in [0, 0.1) is 11.8 Å². The summed E-state index contributed by atoms with van der Waals surface area (Å²) in [7, 11) is 0. The third-order valence-corrected chi connectivity index (χ3v) is 10.0. The highest BCUT2D eigenvalue weighted by molar-refractivity contribution is 5.98. The predicted octanol–water partition coefficient (Wildman–Crippen LogP) is 5.02. The van der Waals surface area contributed by atoms with E-state index in [9.17, 15) is 14.4 Å². The van der Waals surface area contributed by atoms with Gasteiger partial charge in [0.15, 0.2) is 0 Å². The van der Waals surface area contributed by atoms with E-state index in [1.165, 1.54) is 0 Å². The molecule has 13 heteroatoms. The van der Waals surface area contributed by atoms with Gasteiger partial charge in [0, 0.05) is 42.2 Å². The fourth-order valence-corrected chi connectivity index (χ4v) is 6.70. The zero-order valence-electron chi connectivity index (χ0n) is 30.4. The monoisotopic (exact) mass is 729 g/mol. The van der Waals surface area contributed by atoms with Crippen molar-refractivity contribution in [2.75, 3.05) is 38.0 Å². The van der Waals surface area contributed by atoms with Crippen molar-refractivity contribution < 1.29 is 14.4 Å². The summed E-state index contributed by atoms with van der Waals surface area (Å²) in [5.41, 5.74) is 11.9. The molecule has 1 saturated carbocycles. The van der Waals surface area contributed by atoms with E-state index in [-0.39, 0.29) is 36.0 Å². The molecule has 52 heavy (non-hydrogen) atoms. The summed E-state index contributed by atoms with van der Waals surface area (Å²) in [5, 5.41) is 23.1. The zero-order valence-corrected chi connectivity index (χ0v) is 31.2. The highest BCUT2D eigenvalue weighted by Crippen LogP contribution is 2.29. The van der Waals surface area contributed by atoms with Crippen LogP contribution in [0.5, 0.6) is 0 Å². The minimum atomic E-state index is -0.790. The number of nitrogens with one attached hydrogen (secondary N) is 4. The van der Waals surface area contributed by atoms with Crippen LogP contribution >= 0.6 is 12.4 Å². The van der Waals surface area contributed by atoms with Gasteiger partial charge < -0.3 is 26.6 Å². The summed E-state index contributed by atoms with van der Waals surface area (Å²) in [6, 6.07) is 20.3. The van der Waals surface area contributed by atoms with Gasteiger partial charge in [0.25, 0.3) is 5.91 Å². The normalized spacial score (nSPS) is 16.1. The second-order valence-electron chi connectivity index (χ2n) is 13.2. The number of nitrogens with zero attached hydrogens (tertiary/aromatic N) is 4. The lowest BCUT2D eigenvalue weighted by atomic mass is 9.81. The average molecular weight is 730 g/mol. The third kappa shape index (κ3) is 10.7. The summed E-state index contributed by atoms with van der Waals surface area (Å²) in [4.78, 5) is 42.5. The van der Waals surface area contributed by atoms with Crippen molar-refractivity contribution in [1.82, 2.24) is 36.2 Å². The van der Waals surface area contributed by atoms with Crippen LogP contribution in [-0.4, -0.2) is 82.0 Å². The number of H-pyrrole nitrogens is 1. The lowest BCUT2D eigenvalue weighted by Crippen LogP contribution is -2.48. The Bertz CT molecular complexity index is 1720. The molecule has 5 rings (SSSR count). The van der Waals surface area contributed by atoms with Gasteiger partial charge in [-0.25, -0.2) is 0 Å². The predicted molar refractivity (Wildman–Crippen MR) is 207 cm³/mol. The number of carbonyl (C=O) groups excluding carboxylic acids is 3. The number of benzene rings is 3. The zero-order chi connectivity index (χ0) is 36.2. The molecule has 0 radical (unpaired) electrons. The van der Waals surface area contributed by atoms with Gasteiger partial charge in [-0.05, 0) is 122 Å². The fourth-order valence-electron chi connectivity index (χ4n) is 6.70. The number of likely N-dealkylation sites (N-methyl/N-ethyl adjacent to an activating group) is 1. The van der Waals surface area contributed by atoms with Crippen molar-refractivity contribution >= 4 is 35.8 Å². The van der Waals surface area contributed by atoms with Crippen molar-refractivity contribution in [3.8, 4) is 22.5 Å². The number of halogens is 1. The van der Waals surface area contributed by atoms with Crippen LogP contribution in [0.4, 0.5) is 5.69 Å². The van der Waals surface area contributed by atoms with E-state index in [0.29, 0.717) is 42.5 Å². The number of tetrazole rings is 1. The summed E-state index contributed by atoms with van der Waals surface area (Å²) in [5.74, 6) is 0.264. The molecule has 0 aliphatic heterocycles. The van der Waals surface area contributed by atoms with E-state index >= 15 is 0 Å². The Hall–Kier alpha value is -4.65. The topological polar surface area (TPSA) is 171 Å². The Labute approximate surface area is 312 Å². The molecule has 0 spiro atoms. The SMILES string of the molecule is CCc1ccc(C(=O)NCCN(CC)CC)cc1-c1ccc(C[C@H](NC(=O)C2CCC(CN)CC2)C(=O)Nc2ccc(-c3nn[nH]n3)cc2)cc1.Cl. The first kappa shape index (κ1) is 40.1. The maximum atomic E-state index is 13.7. The Morgan fingerprint density at radius 2 is 1.62 bits per heavy atom. The maximum absolute atomic E-state index is 13.7. The van der Waals surface area contributed by atoms with Gasteiger partial charge in [0.2, 0.25) is 17.6 Å². The molecule has 4 aromatic rings. The standard InChI is InChI=1S/C39H51N9O3.ClH/c1-4-28-15-16-32(37(49)41-21-22-48(5-2)6-3)24-34(28)29-11-7-26(8-12-29)23-35(43-38(50)31-13-9-27(25-40)10-14-31)39(51)42-33-19-17-30(18-20-33)36-44-46-47-45-36;/h7-8,11-12,15-20,24,27,31,35H,4-6,9-10,13-14,21-23,25,40H2,1-3H3,(H,41,49)(H,42,51)(H,43,50)(H,44,45,46,47);1H/t27?,31?,35-;/m0./s1. The molecule has 1 fully saturated rings. The maximum Gasteiger partial charge on any atom is 0.251 e. The van der Waals surface area contributed by atoms with Crippen molar-refractivity contribution in [1.29, 1.82) is 0 Å². The number of hydrogen-bond acceptors (Lipinski definition) is 8. The van der Waals surface area contributed by atoms with Gasteiger partial charge in [0.05, 0.1) is 0 Å². The molecular formula is C39H52ClN9O3. The Balaban J connectivity index is 0.00000605. The quantitative estimate of drug-likeness (QED) is 0.107. The molecule has 278 valence electrons. The minimum Gasteiger partial charge on any atom is -0.351 e. The number of hydrogen-bond donors (Lipinski definition) is 5. The molecular weight excluding hydrogens is 678 g/mol. The summed E-state index contributed by atoms with van der Waals surface area (Å²) < 4.78 is 0. The largest absolute Gasteiger partial charge is 0.351 e. The van der Waals surface area contributed by atoms with Gasteiger partial charge in [0.1, 0.15) is 6.04 Å². The molecule has 6 N–H and O–H groups in total. The number of anilines is 1. The second-order valence-corrected chi connectivity index (χ2v) is 13.2. The number of aryl methyl sites for hydroxylation is 1. The van der Waals surface area contributed by atoms with Crippen LogP contribution in [0.2, 0.25) is 0 Å². The van der Waals surface area contributed by atoms with Gasteiger partial charge in [-0.15, -0.1) is 22.6 Å². The average Bonchev–Trinajstić information content (AvgIpc) is 3.72. The summed E-state index contributed by atoms with van der Waals surface area (Å²) >= 11 is 0. The molecule has 0 unspecified atom stereocenters. The first-order valence-corrected chi connectivity index (χ1v) is 18.2. The minimum absolute atomic E-state index is 0. The molecule has 3 amide bonds. The van der Waals surface area contributed by atoms with E-state index < -0.39 is 6.04 Å². The molecule has 12 nitrogen and oxygen atoms in total. The highest BCUT2D eigenvalue weighted by Gasteiger charge is 2.29. The van der Waals surface area contributed by atoms with Gasteiger partial charge >= 0.3 is 0 Å². The number of rotatable bonds is 16. The van der Waals surface area contributed by atoms with Crippen molar-refractivity contribution in [2.45, 2.75) is 65.3 Å². The van der Waals surface area contributed by atoms with Crippen LogP contribution < -0.4 is 21.7 Å². The van der Waals surface area contributed by atoms with Crippen molar-refractivity contribution in [2.24, 2.45) is 17.6 Å². The van der Waals surface area contributed by atoms with Crippen LogP contribution in [0.3, 0.4) is 0 Å². The Kier molecular flexibility index (Phi) is 15.3. The smallest absolute Gasteiger partial charge is 0.251 e. The molecule has 1 atom stereocenters. The van der Waals surface area contributed by atoms with E-state index in [2.05, 4.69) is 62.2 Å². The molecule has 1 heterocycles. The first-order chi connectivity index (χ1) is 24.8. The number of nitrogens with two attached hydrogens (primary N) is 1. The molecule has 1 aromatic heterocycles. The summed E-state index contributed by atoms with van der Waals surface area (Å²) in [6.45, 7) is 10.3. The second kappa shape index (κ2) is 19.8. The molecule has 0 bridgehead atoms. The third-order valence-electron chi connectivity index (χ3n) is 10.0. The Morgan fingerprint density at radius 3 is 2.23 bits per heavy atom. The molecule has 0 saturated heterocycles.